The molecule has 1 heterocycles. The minimum Gasteiger partial charge on any atom is -0.326 e. The Morgan fingerprint density at radius 1 is 1.38 bits per heavy atom. The van der Waals surface area contributed by atoms with Crippen LogP contribution in [0.4, 0.5) is 11.4 Å². The van der Waals surface area contributed by atoms with Crippen molar-refractivity contribution in [2.45, 2.75) is 39.7 Å². The third-order valence-electron chi connectivity index (χ3n) is 3.68. The maximum absolute atomic E-state index is 12.0. The standard InChI is InChI=1S/C16H23N3O2/c1-4-17-11(2)9-16(21)18-14-5-6-15-13(10-14)7-8-19(15)12(3)20/h5-6,10-11,17H,4,7-9H2,1-3H3,(H,18,21). The largest absolute Gasteiger partial charge is 0.326 e. The van der Waals surface area contributed by atoms with Crippen LogP contribution >= 0.6 is 0 Å². The van der Waals surface area contributed by atoms with E-state index < -0.39 is 0 Å². The molecule has 0 aliphatic carbocycles. The molecule has 5 heteroatoms. The van der Waals surface area contributed by atoms with Crippen LogP contribution in [0.5, 0.6) is 0 Å². The number of rotatable bonds is 5. The molecule has 0 radical (unpaired) electrons. The number of hydrogen-bond acceptors (Lipinski definition) is 3. The Morgan fingerprint density at radius 2 is 2.14 bits per heavy atom. The molecular weight excluding hydrogens is 266 g/mol. The number of nitrogens with zero attached hydrogens (tertiary/aromatic N) is 1. The summed E-state index contributed by atoms with van der Waals surface area (Å²) in [5.41, 5.74) is 2.87. The lowest BCUT2D eigenvalue weighted by atomic mass is 10.1. The number of fused-ring (bicyclic) bond motifs is 1. The van der Waals surface area contributed by atoms with Crippen molar-refractivity contribution in [3.63, 3.8) is 0 Å². The Labute approximate surface area is 125 Å². The first kappa shape index (κ1) is 15.5. The maximum Gasteiger partial charge on any atom is 0.225 e. The summed E-state index contributed by atoms with van der Waals surface area (Å²) in [5.74, 6) is 0.0646. The molecule has 0 aromatic heterocycles. The summed E-state index contributed by atoms with van der Waals surface area (Å²) in [7, 11) is 0. The highest BCUT2D eigenvalue weighted by Gasteiger charge is 2.22. The molecule has 1 aliphatic rings. The molecule has 2 rings (SSSR count). The monoisotopic (exact) mass is 289 g/mol. The summed E-state index contributed by atoms with van der Waals surface area (Å²) >= 11 is 0. The van der Waals surface area contributed by atoms with Crippen LogP contribution in [0.2, 0.25) is 0 Å². The van der Waals surface area contributed by atoms with E-state index in [1.165, 1.54) is 0 Å². The Hall–Kier alpha value is -1.88. The fourth-order valence-electron chi connectivity index (χ4n) is 2.72. The Bertz CT molecular complexity index is 542. The van der Waals surface area contributed by atoms with Gasteiger partial charge in [-0.05, 0) is 43.7 Å². The molecule has 1 aliphatic heterocycles. The zero-order chi connectivity index (χ0) is 15.4. The van der Waals surface area contributed by atoms with Crippen molar-refractivity contribution in [3.05, 3.63) is 23.8 Å². The van der Waals surface area contributed by atoms with Crippen LogP contribution in [0, 0.1) is 0 Å². The van der Waals surface area contributed by atoms with Crippen molar-refractivity contribution < 1.29 is 9.59 Å². The number of anilines is 2. The molecule has 1 aromatic carbocycles. The normalized spacial score (nSPS) is 14.7. The summed E-state index contributed by atoms with van der Waals surface area (Å²) in [6.07, 6.45) is 1.29. The summed E-state index contributed by atoms with van der Waals surface area (Å²) in [5, 5.41) is 6.14. The quantitative estimate of drug-likeness (QED) is 0.870. The van der Waals surface area contributed by atoms with E-state index in [4.69, 9.17) is 0 Å². The van der Waals surface area contributed by atoms with Crippen LogP contribution in [0.3, 0.4) is 0 Å². The first-order chi connectivity index (χ1) is 10.0. The smallest absolute Gasteiger partial charge is 0.225 e. The van der Waals surface area contributed by atoms with Crippen LogP contribution in [-0.2, 0) is 16.0 Å². The molecule has 0 saturated carbocycles. The zero-order valence-electron chi connectivity index (χ0n) is 12.9. The molecule has 2 N–H and O–H groups in total. The average Bonchev–Trinajstić information content (AvgIpc) is 2.81. The van der Waals surface area contributed by atoms with Gasteiger partial charge in [0.2, 0.25) is 11.8 Å². The predicted octanol–water partition coefficient (Wildman–Crippen LogP) is 1.92. The highest BCUT2D eigenvalue weighted by Crippen LogP contribution is 2.30. The Morgan fingerprint density at radius 3 is 2.81 bits per heavy atom. The van der Waals surface area contributed by atoms with Crippen LogP contribution in [0.15, 0.2) is 18.2 Å². The van der Waals surface area contributed by atoms with E-state index in [0.717, 1.165) is 36.4 Å². The molecule has 21 heavy (non-hydrogen) atoms. The molecule has 0 fully saturated rings. The molecular formula is C16H23N3O2. The van der Waals surface area contributed by atoms with Crippen LogP contribution in [0.1, 0.15) is 32.8 Å². The van der Waals surface area contributed by atoms with Gasteiger partial charge in [0, 0.05) is 37.3 Å². The lowest BCUT2D eigenvalue weighted by Gasteiger charge is -2.15. The number of carbonyl (C=O) groups excluding carboxylic acids is 2. The second-order valence-corrected chi connectivity index (χ2v) is 5.48. The second kappa shape index (κ2) is 6.72. The summed E-state index contributed by atoms with van der Waals surface area (Å²) < 4.78 is 0. The lowest BCUT2D eigenvalue weighted by Crippen LogP contribution is -2.30. The summed E-state index contributed by atoms with van der Waals surface area (Å²) in [4.78, 5) is 25.2. The van der Waals surface area contributed by atoms with Gasteiger partial charge in [0.25, 0.3) is 0 Å². The van der Waals surface area contributed by atoms with Gasteiger partial charge in [-0.15, -0.1) is 0 Å². The van der Waals surface area contributed by atoms with Gasteiger partial charge in [-0.2, -0.15) is 0 Å². The first-order valence-electron chi connectivity index (χ1n) is 7.45. The Balaban J connectivity index is 2.00. The van der Waals surface area contributed by atoms with Gasteiger partial charge in [-0.3, -0.25) is 9.59 Å². The minimum absolute atomic E-state index is 0.00446. The van der Waals surface area contributed by atoms with Crippen molar-refractivity contribution in [1.29, 1.82) is 0 Å². The fraction of sp³-hybridized carbons (Fsp3) is 0.500. The van der Waals surface area contributed by atoms with E-state index in [9.17, 15) is 9.59 Å². The van der Waals surface area contributed by atoms with Gasteiger partial charge >= 0.3 is 0 Å². The second-order valence-electron chi connectivity index (χ2n) is 5.48. The lowest BCUT2D eigenvalue weighted by molar-refractivity contribution is -0.117. The van der Waals surface area contributed by atoms with Gasteiger partial charge in [0.15, 0.2) is 0 Å². The minimum atomic E-state index is 0.00446. The van der Waals surface area contributed by atoms with Crippen LogP contribution in [-0.4, -0.2) is 30.9 Å². The molecule has 2 amide bonds. The number of carbonyl (C=O) groups is 2. The topological polar surface area (TPSA) is 61.4 Å². The SMILES string of the molecule is CCNC(C)CC(=O)Nc1ccc2c(c1)CCN2C(C)=O. The number of benzene rings is 1. The van der Waals surface area contributed by atoms with Gasteiger partial charge in [-0.1, -0.05) is 6.92 Å². The van der Waals surface area contributed by atoms with Gasteiger partial charge in [-0.25, -0.2) is 0 Å². The Kier molecular flexibility index (Phi) is 4.96. The highest BCUT2D eigenvalue weighted by molar-refractivity contribution is 5.95. The maximum atomic E-state index is 12.0. The van der Waals surface area contributed by atoms with Crippen molar-refractivity contribution in [3.8, 4) is 0 Å². The van der Waals surface area contributed by atoms with Gasteiger partial charge in [0.05, 0.1) is 0 Å². The highest BCUT2D eigenvalue weighted by atomic mass is 16.2. The number of amides is 2. The molecule has 0 spiro atoms. The molecule has 1 unspecified atom stereocenters. The molecule has 0 saturated heterocycles. The van der Waals surface area contributed by atoms with Crippen LogP contribution < -0.4 is 15.5 Å². The van der Waals surface area contributed by atoms with E-state index in [0.29, 0.717) is 6.42 Å². The molecule has 5 nitrogen and oxygen atoms in total. The van der Waals surface area contributed by atoms with Crippen molar-refractivity contribution in [2.75, 3.05) is 23.3 Å². The van der Waals surface area contributed by atoms with E-state index in [-0.39, 0.29) is 17.9 Å². The molecule has 1 atom stereocenters. The van der Waals surface area contributed by atoms with E-state index in [2.05, 4.69) is 10.6 Å². The van der Waals surface area contributed by atoms with Gasteiger partial charge < -0.3 is 15.5 Å². The molecule has 114 valence electrons. The van der Waals surface area contributed by atoms with E-state index >= 15 is 0 Å². The molecule has 1 aromatic rings. The zero-order valence-corrected chi connectivity index (χ0v) is 12.9. The fourth-order valence-corrected chi connectivity index (χ4v) is 2.72. The summed E-state index contributed by atoms with van der Waals surface area (Å²) in [6.45, 7) is 7.17. The summed E-state index contributed by atoms with van der Waals surface area (Å²) in [6, 6.07) is 5.90. The molecule has 0 bridgehead atoms. The third kappa shape index (κ3) is 3.82. The van der Waals surface area contributed by atoms with Crippen molar-refractivity contribution in [1.82, 2.24) is 5.32 Å². The average molecular weight is 289 g/mol. The van der Waals surface area contributed by atoms with Gasteiger partial charge in [0.1, 0.15) is 0 Å². The van der Waals surface area contributed by atoms with Crippen molar-refractivity contribution >= 4 is 23.2 Å². The first-order valence-corrected chi connectivity index (χ1v) is 7.45. The van der Waals surface area contributed by atoms with E-state index in [1.807, 2.05) is 32.0 Å². The number of nitrogens with one attached hydrogen (secondary N) is 2. The van der Waals surface area contributed by atoms with E-state index in [1.54, 1.807) is 11.8 Å². The number of hydrogen-bond donors (Lipinski definition) is 2. The third-order valence-corrected chi connectivity index (χ3v) is 3.68. The van der Waals surface area contributed by atoms with Crippen molar-refractivity contribution in [2.24, 2.45) is 0 Å². The predicted molar refractivity (Wildman–Crippen MR) is 84.6 cm³/mol. The van der Waals surface area contributed by atoms with Crippen LogP contribution in [0.25, 0.3) is 0 Å².